The highest BCUT2D eigenvalue weighted by atomic mass is 16.5. The number of carbonyl (C=O) groups is 1. The highest BCUT2D eigenvalue weighted by Gasteiger charge is 2.34. The van der Waals surface area contributed by atoms with E-state index in [1.165, 1.54) is 0 Å². The van der Waals surface area contributed by atoms with Gasteiger partial charge in [-0.1, -0.05) is 34.6 Å². The minimum Gasteiger partial charge on any atom is -0.380 e. The Balaban J connectivity index is 4.13. The van der Waals surface area contributed by atoms with Crippen LogP contribution in [0, 0.1) is 10.8 Å². The molecule has 114 valence electrons. The highest BCUT2D eigenvalue weighted by Crippen LogP contribution is 2.33. The first-order valence-electron chi connectivity index (χ1n) is 7.26. The molecule has 0 aromatic carbocycles. The first-order valence-corrected chi connectivity index (χ1v) is 7.26. The molecule has 4 heteroatoms. The molecule has 0 atom stereocenters. The Morgan fingerprint density at radius 3 is 2.32 bits per heavy atom. The molecule has 0 aliphatic rings. The minimum absolute atomic E-state index is 0.105. The Bertz CT molecular complexity index is 263. The van der Waals surface area contributed by atoms with Crippen LogP contribution in [-0.4, -0.2) is 39.3 Å². The summed E-state index contributed by atoms with van der Waals surface area (Å²) < 4.78 is 5.36. The van der Waals surface area contributed by atoms with Crippen molar-refractivity contribution < 1.29 is 9.53 Å². The van der Waals surface area contributed by atoms with Gasteiger partial charge in [0.15, 0.2) is 0 Å². The molecular formula is C15H32N2O2. The average Bonchev–Trinajstić information content (AvgIpc) is 2.26. The molecule has 0 heterocycles. The molecular weight excluding hydrogens is 240 g/mol. The smallest absolute Gasteiger partial charge is 0.225 e. The Morgan fingerprint density at radius 1 is 1.16 bits per heavy atom. The van der Waals surface area contributed by atoms with E-state index in [2.05, 4.69) is 31.4 Å². The van der Waals surface area contributed by atoms with Crippen LogP contribution < -0.4 is 10.6 Å². The van der Waals surface area contributed by atoms with Gasteiger partial charge in [0.05, 0.1) is 6.61 Å². The van der Waals surface area contributed by atoms with Gasteiger partial charge in [0.2, 0.25) is 5.91 Å². The second-order valence-electron chi connectivity index (χ2n) is 6.62. The van der Waals surface area contributed by atoms with Gasteiger partial charge in [0, 0.05) is 18.6 Å². The molecule has 0 saturated heterocycles. The van der Waals surface area contributed by atoms with Crippen LogP contribution in [-0.2, 0) is 9.53 Å². The topological polar surface area (TPSA) is 50.4 Å². The highest BCUT2D eigenvalue weighted by molar-refractivity contribution is 5.81. The van der Waals surface area contributed by atoms with Gasteiger partial charge >= 0.3 is 0 Å². The Morgan fingerprint density at radius 2 is 1.79 bits per heavy atom. The van der Waals surface area contributed by atoms with Gasteiger partial charge in [-0.25, -0.2) is 0 Å². The lowest BCUT2D eigenvalue weighted by Gasteiger charge is -2.33. The van der Waals surface area contributed by atoms with Crippen molar-refractivity contribution >= 4 is 5.91 Å². The van der Waals surface area contributed by atoms with Crippen LogP contribution in [0.3, 0.4) is 0 Å². The van der Waals surface area contributed by atoms with Gasteiger partial charge in [-0.3, -0.25) is 4.79 Å². The molecule has 2 N–H and O–H groups in total. The van der Waals surface area contributed by atoms with Crippen LogP contribution in [0.5, 0.6) is 0 Å². The van der Waals surface area contributed by atoms with Crippen molar-refractivity contribution in [2.45, 2.75) is 47.5 Å². The maximum absolute atomic E-state index is 12.2. The fraction of sp³-hybridized carbons (Fsp3) is 0.933. The zero-order valence-electron chi connectivity index (χ0n) is 13.6. The summed E-state index contributed by atoms with van der Waals surface area (Å²) in [5.74, 6) is 0.108. The number of carbonyl (C=O) groups excluding carboxylic acids is 1. The second-order valence-corrected chi connectivity index (χ2v) is 6.62. The van der Waals surface area contributed by atoms with Crippen molar-refractivity contribution in [3.05, 3.63) is 0 Å². The maximum atomic E-state index is 12.2. The van der Waals surface area contributed by atoms with Crippen molar-refractivity contribution in [3.63, 3.8) is 0 Å². The third-order valence-corrected chi connectivity index (χ3v) is 3.07. The Kier molecular flexibility index (Phi) is 8.26. The molecule has 0 rings (SSSR count). The van der Waals surface area contributed by atoms with Crippen LogP contribution in [0.15, 0.2) is 0 Å². The summed E-state index contributed by atoms with van der Waals surface area (Å²) in [7, 11) is 1.94. The van der Waals surface area contributed by atoms with Crippen molar-refractivity contribution in [2.24, 2.45) is 10.8 Å². The molecule has 0 bridgehead atoms. The minimum atomic E-state index is -0.356. The number of hydrogen-bond acceptors (Lipinski definition) is 3. The van der Waals surface area contributed by atoms with Crippen LogP contribution in [0.2, 0.25) is 0 Å². The molecule has 4 nitrogen and oxygen atoms in total. The lowest BCUT2D eigenvalue weighted by atomic mass is 9.74. The average molecular weight is 272 g/mol. The van der Waals surface area contributed by atoms with Crippen LogP contribution in [0.25, 0.3) is 0 Å². The second kappa shape index (κ2) is 8.54. The maximum Gasteiger partial charge on any atom is 0.225 e. The van der Waals surface area contributed by atoms with Crippen LogP contribution in [0.1, 0.15) is 47.5 Å². The SMILES string of the molecule is CCCOCCNC(=O)C(C)(C)CC(C)(C)CNC. The molecule has 0 aromatic heterocycles. The molecule has 0 unspecified atom stereocenters. The fourth-order valence-electron chi connectivity index (χ4n) is 2.54. The molecule has 0 saturated carbocycles. The van der Waals surface area contributed by atoms with E-state index in [1.54, 1.807) is 0 Å². The summed E-state index contributed by atoms with van der Waals surface area (Å²) >= 11 is 0. The van der Waals surface area contributed by atoms with Gasteiger partial charge in [-0.2, -0.15) is 0 Å². The van der Waals surface area contributed by atoms with E-state index in [-0.39, 0.29) is 16.7 Å². The van der Waals surface area contributed by atoms with Gasteiger partial charge in [-0.05, 0) is 31.8 Å². The van der Waals surface area contributed by atoms with Crippen molar-refractivity contribution in [2.75, 3.05) is 33.4 Å². The Labute approximate surface area is 118 Å². The predicted molar refractivity (Wildman–Crippen MR) is 80.2 cm³/mol. The first kappa shape index (κ1) is 18.4. The predicted octanol–water partition coefficient (Wildman–Crippen LogP) is 2.19. The summed E-state index contributed by atoms with van der Waals surface area (Å²) in [4.78, 5) is 12.2. The standard InChI is InChI=1S/C15H32N2O2/c1-7-9-19-10-8-17-13(18)15(4,5)11-14(2,3)12-16-6/h16H,7-12H2,1-6H3,(H,17,18). The fourth-order valence-corrected chi connectivity index (χ4v) is 2.54. The largest absolute Gasteiger partial charge is 0.380 e. The van der Waals surface area contributed by atoms with Gasteiger partial charge in [-0.15, -0.1) is 0 Å². The molecule has 0 aliphatic carbocycles. The first-order chi connectivity index (χ1) is 8.75. The summed E-state index contributed by atoms with van der Waals surface area (Å²) in [6, 6.07) is 0. The van der Waals surface area contributed by atoms with Crippen LogP contribution >= 0.6 is 0 Å². The number of nitrogens with one attached hydrogen (secondary N) is 2. The molecule has 0 radical (unpaired) electrons. The summed E-state index contributed by atoms with van der Waals surface area (Å²) in [6.07, 6.45) is 1.86. The zero-order chi connectivity index (χ0) is 14.9. The van der Waals surface area contributed by atoms with Crippen molar-refractivity contribution in [3.8, 4) is 0 Å². The quantitative estimate of drug-likeness (QED) is 0.599. The van der Waals surface area contributed by atoms with Crippen LogP contribution in [0.4, 0.5) is 0 Å². The lowest BCUT2D eigenvalue weighted by molar-refractivity contribution is -0.131. The molecule has 19 heavy (non-hydrogen) atoms. The number of rotatable bonds is 10. The molecule has 0 aliphatic heterocycles. The van der Waals surface area contributed by atoms with E-state index in [9.17, 15) is 4.79 Å². The third-order valence-electron chi connectivity index (χ3n) is 3.07. The summed E-state index contributed by atoms with van der Waals surface area (Å²) in [5, 5.41) is 6.15. The lowest BCUT2D eigenvalue weighted by Crippen LogP contribution is -2.42. The molecule has 1 amide bonds. The van der Waals surface area contributed by atoms with Crippen molar-refractivity contribution in [1.82, 2.24) is 10.6 Å². The molecule has 0 aromatic rings. The van der Waals surface area contributed by atoms with E-state index in [0.29, 0.717) is 13.2 Å². The molecule has 0 fully saturated rings. The normalized spacial score (nSPS) is 12.5. The van der Waals surface area contributed by atoms with Crippen molar-refractivity contribution in [1.29, 1.82) is 0 Å². The van der Waals surface area contributed by atoms with E-state index in [0.717, 1.165) is 26.0 Å². The van der Waals surface area contributed by atoms with E-state index < -0.39 is 0 Å². The monoisotopic (exact) mass is 272 g/mol. The number of ether oxygens (including phenoxy) is 1. The number of hydrogen-bond donors (Lipinski definition) is 2. The Hall–Kier alpha value is -0.610. The molecule has 0 spiro atoms. The van der Waals surface area contributed by atoms with Gasteiger partial charge < -0.3 is 15.4 Å². The van der Waals surface area contributed by atoms with Gasteiger partial charge in [0.1, 0.15) is 0 Å². The summed E-state index contributed by atoms with van der Waals surface area (Å²) in [5.41, 5.74) is -0.251. The zero-order valence-corrected chi connectivity index (χ0v) is 13.6. The third kappa shape index (κ3) is 8.22. The van der Waals surface area contributed by atoms with E-state index >= 15 is 0 Å². The number of amides is 1. The van der Waals surface area contributed by atoms with E-state index in [1.807, 2.05) is 20.9 Å². The van der Waals surface area contributed by atoms with Gasteiger partial charge in [0.25, 0.3) is 0 Å². The summed E-state index contributed by atoms with van der Waals surface area (Å²) in [6.45, 7) is 13.3. The van der Waals surface area contributed by atoms with E-state index in [4.69, 9.17) is 4.74 Å².